The molecule has 1 amide bonds. The van der Waals surface area contributed by atoms with E-state index < -0.39 is 0 Å². The van der Waals surface area contributed by atoms with E-state index in [0.717, 1.165) is 30.1 Å². The van der Waals surface area contributed by atoms with Crippen LogP contribution in [0.5, 0.6) is 0 Å². The highest BCUT2D eigenvalue weighted by atomic mass is 32.1. The van der Waals surface area contributed by atoms with Crippen LogP contribution in [0.4, 0.5) is 0 Å². The minimum Gasteiger partial charge on any atom is -0.337 e. The lowest BCUT2D eigenvalue weighted by Gasteiger charge is -2.25. The van der Waals surface area contributed by atoms with Crippen LogP contribution in [-0.4, -0.2) is 58.1 Å². The van der Waals surface area contributed by atoms with Crippen LogP contribution >= 0.6 is 11.3 Å². The maximum absolute atomic E-state index is 13.0. The summed E-state index contributed by atoms with van der Waals surface area (Å²) >= 11 is 1.63. The molecule has 0 unspecified atom stereocenters. The van der Waals surface area contributed by atoms with Crippen molar-refractivity contribution in [1.82, 2.24) is 20.0 Å². The van der Waals surface area contributed by atoms with Crippen LogP contribution in [0, 0.1) is 0 Å². The molecule has 22 heavy (non-hydrogen) atoms. The number of hydrogen-bond acceptors (Lipinski definition) is 4. The predicted octanol–water partition coefficient (Wildman–Crippen LogP) is 2.45. The molecule has 5 nitrogen and oxygen atoms in total. The SMILES string of the molecule is CN1[C@H]2CC[C@@H]1CN(C(=O)c1cn[nH]c1-c1cccs1)CC2. The second-order valence-electron chi connectivity index (χ2n) is 6.23. The van der Waals surface area contributed by atoms with E-state index >= 15 is 0 Å². The van der Waals surface area contributed by atoms with Crippen LogP contribution in [0.15, 0.2) is 23.7 Å². The second kappa shape index (κ2) is 5.52. The number of nitrogens with zero attached hydrogens (tertiary/aromatic N) is 3. The molecule has 0 aromatic carbocycles. The van der Waals surface area contributed by atoms with Crippen molar-refractivity contribution in [2.75, 3.05) is 20.1 Å². The van der Waals surface area contributed by atoms with Crippen LogP contribution in [0.2, 0.25) is 0 Å². The number of hydrogen-bond donors (Lipinski definition) is 1. The summed E-state index contributed by atoms with van der Waals surface area (Å²) in [7, 11) is 2.20. The van der Waals surface area contributed by atoms with Crippen molar-refractivity contribution in [3.8, 4) is 10.6 Å². The molecule has 4 rings (SSSR count). The van der Waals surface area contributed by atoms with E-state index in [1.165, 1.54) is 12.8 Å². The van der Waals surface area contributed by atoms with E-state index in [1.807, 2.05) is 22.4 Å². The minimum atomic E-state index is 0.109. The third-order valence-electron chi connectivity index (χ3n) is 5.07. The zero-order valence-corrected chi connectivity index (χ0v) is 13.5. The number of likely N-dealkylation sites (N-methyl/N-ethyl adjacent to an activating group) is 1. The fourth-order valence-corrected chi connectivity index (χ4v) is 4.45. The van der Waals surface area contributed by atoms with E-state index in [2.05, 4.69) is 22.1 Å². The molecular weight excluding hydrogens is 296 g/mol. The predicted molar refractivity (Wildman–Crippen MR) is 87.0 cm³/mol. The zero-order valence-electron chi connectivity index (χ0n) is 12.7. The van der Waals surface area contributed by atoms with Crippen molar-refractivity contribution in [3.63, 3.8) is 0 Å². The molecule has 2 aromatic rings. The highest BCUT2D eigenvalue weighted by Crippen LogP contribution is 2.31. The number of fused-ring (bicyclic) bond motifs is 2. The van der Waals surface area contributed by atoms with Gasteiger partial charge in [0.25, 0.3) is 5.91 Å². The molecular formula is C16H20N4OS. The molecule has 0 saturated carbocycles. The Balaban J connectivity index is 1.59. The molecule has 2 aromatic heterocycles. The van der Waals surface area contributed by atoms with E-state index in [4.69, 9.17) is 0 Å². The van der Waals surface area contributed by atoms with Gasteiger partial charge in [0.15, 0.2) is 0 Å². The summed E-state index contributed by atoms with van der Waals surface area (Å²) in [5, 5.41) is 9.11. The van der Waals surface area contributed by atoms with Gasteiger partial charge in [-0.15, -0.1) is 11.3 Å². The van der Waals surface area contributed by atoms with E-state index in [-0.39, 0.29) is 5.91 Å². The quantitative estimate of drug-likeness (QED) is 0.926. The number of carbonyl (C=O) groups excluding carboxylic acids is 1. The molecule has 2 aliphatic heterocycles. The number of H-pyrrole nitrogens is 1. The summed E-state index contributed by atoms with van der Waals surface area (Å²) in [6.07, 6.45) is 5.22. The number of aromatic nitrogens is 2. The normalized spacial score (nSPS) is 25.4. The van der Waals surface area contributed by atoms with Gasteiger partial charge in [-0.05, 0) is 37.8 Å². The van der Waals surface area contributed by atoms with Gasteiger partial charge in [-0.2, -0.15) is 5.10 Å². The van der Waals surface area contributed by atoms with Crippen molar-refractivity contribution in [1.29, 1.82) is 0 Å². The van der Waals surface area contributed by atoms with Crippen LogP contribution < -0.4 is 0 Å². The van der Waals surface area contributed by atoms with Gasteiger partial charge in [0.2, 0.25) is 0 Å². The molecule has 116 valence electrons. The molecule has 4 heterocycles. The van der Waals surface area contributed by atoms with Gasteiger partial charge in [0, 0.05) is 25.2 Å². The summed E-state index contributed by atoms with van der Waals surface area (Å²) in [4.78, 5) is 18.5. The standard InChI is InChI=1S/C16H20N4OS/c1-19-11-4-5-12(19)10-20(7-6-11)16(21)13-9-17-18-15(13)14-3-2-8-22-14/h2-3,8-9,11-12H,4-7,10H2,1H3,(H,17,18)/t11-,12+/m0/s1. The molecule has 0 spiro atoms. The topological polar surface area (TPSA) is 52.2 Å². The molecule has 2 fully saturated rings. The van der Waals surface area contributed by atoms with E-state index in [1.54, 1.807) is 17.5 Å². The average Bonchev–Trinajstić information content (AvgIpc) is 3.20. The Kier molecular flexibility index (Phi) is 3.50. The van der Waals surface area contributed by atoms with Crippen molar-refractivity contribution < 1.29 is 4.79 Å². The third kappa shape index (κ3) is 2.27. The molecule has 6 heteroatoms. The maximum Gasteiger partial charge on any atom is 0.257 e. The highest BCUT2D eigenvalue weighted by Gasteiger charge is 2.36. The molecule has 1 N–H and O–H groups in total. The Morgan fingerprint density at radius 2 is 2.23 bits per heavy atom. The lowest BCUT2D eigenvalue weighted by atomic mass is 10.1. The van der Waals surface area contributed by atoms with Crippen LogP contribution in [0.1, 0.15) is 29.6 Å². The van der Waals surface area contributed by atoms with Crippen molar-refractivity contribution >= 4 is 17.2 Å². The van der Waals surface area contributed by atoms with Gasteiger partial charge in [0.05, 0.1) is 22.3 Å². The summed E-state index contributed by atoms with van der Waals surface area (Å²) in [5.74, 6) is 0.109. The summed E-state index contributed by atoms with van der Waals surface area (Å²) in [6.45, 7) is 1.68. The number of carbonyl (C=O) groups is 1. The molecule has 2 bridgehead atoms. The number of amides is 1. The fourth-order valence-electron chi connectivity index (χ4n) is 3.72. The van der Waals surface area contributed by atoms with Crippen molar-refractivity contribution in [3.05, 3.63) is 29.3 Å². The molecule has 2 aliphatic rings. The van der Waals surface area contributed by atoms with Gasteiger partial charge in [-0.3, -0.25) is 14.8 Å². The first-order chi connectivity index (χ1) is 10.7. The Morgan fingerprint density at radius 1 is 1.36 bits per heavy atom. The second-order valence-corrected chi connectivity index (χ2v) is 7.17. The minimum absolute atomic E-state index is 0.109. The number of rotatable bonds is 2. The summed E-state index contributed by atoms with van der Waals surface area (Å²) < 4.78 is 0. The largest absolute Gasteiger partial charge is 0.337 e. The first kappa shape index (κ1) is 14.0. The maximum atomic E-state index is 13.0. The van der Waals surface area contributed by atoms with Gasteiger partial charge < -0.3 is 4.90 Å². The Labute approximate surface area is 133 Å². The van der Waals surface area contributed by atoms with E-state index in [9.17, 15) is 4.79 Å². The summed E-state index contributed by atoms with van der Waals surface area (Å²) in [5.41, 5.74) is 1.55. The van der Waals surface area contributed by atoms with Gasteiger partial charge in [-0.1, -0.05) is 6.07 Å². The number of nitrogens with one attached hydrogen (secondary N) is 1. The zero-order chi connectivity index (χ0) is 15.1. The Morgan fingerprint density at radius 3 is 3.05 bits per heavy atom. The van der Waals surface area contributed by atoms with Crippen molar-refractivity contribution in [2.45, 2.75) is 31.3 Å². The number of thiophene rings is 1. The average molecular weight is 316 g/mol. The number of likely N-dealkylation sites (tertiary alicyclic amines) is 1. The molecule has 0 aliphatic carbocycles. The third-order valence-corrected chi connectivity index (χ3v) is 5.96. The van der Waals surface area contributed by atoms with Gasteiger partial charge in [-0.25, -0.2) is 0 Å². The van der Waals surface area contributed by atoms with Gasteiger partial charge in [0.1, 0.15) is 0 Å². The Hall–Kier alpha value is -1.66. The molecule has 0 radical (unpaired) electrons. The summed E-state index contributed by atoms with van der Waals surface area (Å²) in [6, 6.07) is 5.17. The van der Waals surface area contributed by atoms with Crippen LogP contribution in [0.25, 0.3) is 10.6 Å². The first-order valence-electron chi connectivity index (χ1n) is 7.82. The first-order valence-corrected chi connectivity index (χ1v) is 8.70. The van der Waals surface area contributed by atoms with Gasteiger partial charge >= 0.3 is 0 Å². The van der Waals surface area contributed by atoms with E-state index in [0.29, 0.717) is 17.6 Å². The lowest BCUT2D eigenvalue weighted by molar-refractivity contribution is 0.0741. The Bertz CT molecular complexity index is 666. The van der Waals surface area contributed by atoms with Crippen molar-refractivity contribution in [2.24, 2.45) is 0 Å². The van der Waals surface area contributed by atoms with Crippen LogP contribution in [0.3, 0.4) is 0 Å². The van der Waals surface area contributed by atoms with Crippen LogP contribution in [-0.2, 0) is 0 Å². The number of aromatic amines is 1. The molecule has 2 atom stereocenters. The lowest BCUT2D eigenvalue weighted by Crippen LogP contribution is -2.39. The highest BCUT2D eigenvalue weighted by molar-refractivity contribution is 7.13. The smallest absolute Gasteiger partial charge is 0.257 e. The fraction of sp³-hybridized carbons (Fsp3) is 0.500. The molecule has 2 saturated heterocycles. The monoisotopic (exact) mass is 316 g/mol.